The summed E-state index contributed by atoms with van der Waals surface area (Å²) in [6.45, 7) is 3.65. The highest BCUT2D eigenvalue weighted by atomic mass is 35.5. The van der Waals surface area contributed by atoms with Crippen molar-refractivity contribution < 1.29 is 0 Å². The van der Waals surface area contributed by atoms with Crippen molar-refractivity contribution in [2.75, 3.05) is 0 Å². The largest absolute Gasteiger partial charge is 0.357 e. The lowest BCUT2D eigenvalue weighted by molar-refractivity contribution is 0.880. The summed E-state index contributed by atoms with van der Waals surface area (Å²) in [4.78, 5) is 3.22. The van der Waals surface area contributed by atoms with Crippen molar-refractivity contribution in [3.05, 3.63) is 47.6 Å². The van der Waals surface area contributed by atoms with Gasteiger partial charge in [0.05, 0.1) is 6.04 Å². The van der Waals surface area contributed by atoms with Crippen molar-refractivity contribution in [2.24, 2.45) is 5.73 Å². The summed E-state index contributed by atoms with van der Waals surface area (Å²) >= 11 is 5.88. The fraction of sp³-hybridized carbons (Fsp3) is 0.0909. The molecule has 0 radical (unpaired) electrons. The van der Waals surface area contributed by atoms with Crippen LogP contribution in [0.5, 0.6) is 0 Å². The molecule has 0 aliphatic carbocycles. The number of H-pyrrole nitrogens is 1. The molecule has 1 heterocycles. The summed E-state index contributed by atoms with van der Waals surface area (Å²) < 4.78 is 0. The summed E-state index contributed by atoms with van der Waals surface area (Å²) in [5, 5.41) is 1.81. The van der Waals surface area contributed by atoms with Crippen LogP contribution < -0.4 is 5.73 Å². The second kappa shape index (κ2) is 3.48. The molecule has 3 N–H and O–H groups in total. The second-order valence-electron chi connectivity index (χ2n) is 3.22. The normalized spacial score (nSPS) is 13.0. The number of aromatic nitrogens is 1. The molecule has 2 nitrogen and oxygen atoms in total. The van der Waals surface area contributed by atoms with Crippen molar-refractivity contribution >= 4 is 22.5 Å². The molecule has 0 fully saturated rings. The molecule has 0 spiro atoms. The maximum atomic E-state index is 5.88. The van der Waals surface area contributed by atoms with Crippen LogP contribution in [-0.4, -0.2) is 4.98 Å². The third-order valence-corrected chi connectivity index (χ3v) is 2.45. The van der Waals surface area contributed by atoms with Gasteiger partial charge in [-0.1, -0.05) is 17.7 Å². The van der Waals surface area contributed by atoms with E-state index in [2.05, 4.69) is 11.6 Å². The molecular formula is C11H11ClN2. The Labute approximate surface area is 87.4 Å². The smallest absolute Gasteiger partial charge is 0.0631 e. The van der Waals surface area contributed by atoms with Gasteiger partial charge in [0.1, 0.15) is 0 Å². The van der Waals surface area contributed by atoms with E-state index in [1.807, 2.05) is 24.3 Å². The first-order chi connectivity index (χ1) is 6.70. The molecule has 1 aromatic carbocycles. The third kappa shape index (κ3) is 1.54. The highest BCUT2D eigenvalue weighted by molar-refractivity contribution is 6.31. The fourth-order valence-corrected chi connectivity index (χ4v) is 1.61. The van der Waals surface area contributed by atoms with Crippen LogP contribution in [0.15, 0.2) is 36.9 Å². The molecule has 0 unspecified atom stereocenters. The van der Waals surface area contributed by atoms with Crippen LogP contribution >= 0.6 is 11.6 Å². The van der Waals surface area contributed by atoms with Crippen LogP contribution in [-0.2, 0) is 0 Å². The molecule has 1 aromatic heterocycles. The van der Waals surface area contributed by atoms with Gasteiger partial charge in [-0.15, -0.1) is 6.58 Å². The Morgan fingerprint density at radius 1 is 1.43 bits per heavy atom. The van der Waals surface area contributed by atoms with E-state index in [-0.39, 0.29) is 6.04 Å². The summed E-state index contributed by atoms with van der Waals surface area (Å²) in [5.74, 6) is 0. The Morgan fingerprint density at radius 2 is 2.21 bits per heavy atom. The number of benzene rings is 1. The molecule has 1 atom stereocenters. The van der Waals surface area contributed by atoms with E-state index in [1.165, 1.54) is 0 Å². The lowest BCUT2D eigenvalue weighted by Crippen LogP contribution is -2.06. The molecule has 14 heavy (non-hydrogen) atoms. The van der Waals surface area contributed by atoms with Gasteiger partial charge in [0.2, 0.25) is 0 Å². The highest BCUT2D eigenvalue weighted by Crippen LogP contribution is 2.22. The maximum absolute atomic E-state index is 5.88. The lowest BCUT2D eigenvalue weighted by Gasteiger charge is -2.00. The molecule has 0 saturated heterocycles. The molecule has 0 aliphatic rings. The fourth-order valence-electron chi connectivity index (χ4n) is 1.43. The molecule has 0 bridgehead atoms. The SMILES string of the molecule is C=C[C@@H](N)c1cc2cc(Cl)ccc2[nH]1. The first-order valence-electron chi connectivity index (χ1n) is 4.37. The number of rotatable bonds is 2. The zero-order chi connectivity index (χ0) is 10.1. The minimum atomic E-state index is -0.152. The van der Waals surface area contributed by atoms with E-state index < -0.39 is 0 Å². The molecule has 0 aliphatic heterocycles. The Hall–Kier alpha value is -1.25. The predicted octanol–water partition coefficient (Wildman–Crippen LogP) is 3.01. The number of halogens is 1. The van der Waals surface area contributed by atoms with Gasteiger partial charge >= 0.3 is 0 Å². The van der Waals surface area contributed by atoms with Crippen LogP contribution in [0.1, 0.15) is 11.7 Å². The van der Waals surface area contributed by atoms with Gasteiger partial charge in [-0.2, -0.15) is 0 Å². The summed E-state index contributed by atoms with van der Waals surface area (Å²) in [5.41, 5.74) is 7.81. The third-order valence-electron chi connectivity index (χ3n) is 2.22. The van der Waals surface area contributed by atoms with Crippen LogP contribution in [0.3, 0.4) is 0 Å². The number of aromatic amines is 1. The highest BCUT2D eigenvalue weighted by Gasteiger charge is 2.05. The van der Waals surface area contributed by atoms with Gasteiger partial charge in [0.15, 0.2) is 0 Å². The van der Waals surface area contributed by atoms with Gasteiger partial charge in [-0.25, -0.2) is 0 Å². The first-order valence-corrected chi connectivity index (χ1v) is 4.75. The van der Waals surface area contributed by atoms with E-state index in [0.717, 1.165) is 21.6 Å². The number of hydrogen-bond acceptors (Lipinski definition) is 1. The Morgan fingerprint density at radius 3 is 2.93 bits per heavy atom. The number of fused-ring (bicyclic) bond motifs is 1. The van der Waals surface area contributed by atoms with Crippen LogP contribution in [0.4, 0.5) is 0 Å². The van der Waals surface area contributed by atoms with Crippen molar-refractivity contribution in [3.63, 3.8) is 0 Å². The molecule has 72 valence electrons. The number of nitrogens with one attached hydrogen (secondary N) is 1. The van der Waals surface area contributed by atoms with Crippen LogP contribution in [0, 0.1) is 0 Å². The number of hydrogen-bond donors (Lipinski definition) is 2. The van der Waals surface area contributed by atoms with Crippen molar-refractivity contribution in [1.29, 1.82) is 0 Å². The zero-order valence-corrected chi connectivity index (χ0v) is 8.38. The predicted molar refractivity (Wildman–Crippen MR) is 60.4 cm³/mol. The van der Waals surface area contributed by atoms with E-state index in [1.54, 1.807) is 6.08 Å². The average molecular weight is 207 g/mol. The molecule has 2 aromatic rings. The maximum Gasteiger partial charge on any atom is 0.0631 e. The van der Waals surface area contributed by atoms with Gasteiger partial charge in [-0.3, -0.25) is 0 Å². The Balaban J connectivity index is 2.56. The minimum absolute atomic E-state index is 0.152. The van der Waals surface area contributed by atoms with E-state index >= 15 is 0 Å². The average Bonchev–Trinajstić information content (AvgIpc) is 2.59. The summed E-state index contributed by atoms with van der Waals surface area (Å²) in [6, 6.07) is 7.54. The van der Waals surface area contributed by atoms with E-state index in [0.29, 0.717) is 0 Å². The van der Waals surface area contributed by atoms with Gasteiger partial charge in [0, 0.05) is 21.6 Å². The van der Waals surface area contributed by atoms with E-state index in [4.69, 9.17) is 17.3 Å². The Kier molecular flexibility index (Phi) is 2.32. The molecule has 0 saturated carbocycles. The van der Waals surface area contributed by atoms with Gasteiger partial charge < -0.3 is 10.7 Å². The van der Waals surface area contributed by atoms with Crippen molar-refractivity contribution in [2.45, 2.75) is 6.04 Å². The molecule has 2 rings (SSSR count). The monoisotopic (exact) mass is 206 g/mol. The van der Waals surface area contributed by atoms with Crippen molar-refractivity contribution in [1.82, 2.24) is 4.98 Å². The Bertz CT molecular complexity index is 473. The summed E-state index contributed by atoms with van der Waals surface area (Å²) in [7, 11) is 0. The summed E-state index contributed by atoms with van der Waals surface area (Å²) in [6.07, 6.45) is 1.70. The molecular weight excluding hydrogens is 196 g/mol. The topological polar surface area (TPSA) is 41.8 Å². The van der Waals surface area contributed by atoms with Gasteiger partial charge in [0.25, 0.3) is 0 Å². The second-order valence-corrected chi connectivity index (χ2v) is 3.65. The zero-order valence-electron chi connectivity index (χ0n) is 7.63. The molecule has 3 heteroatoms. The minimum Gasteiger partial charge on any atom is -0.357 e. The van der Waals surface area contributed by atoms with Crippen molar-refractivity contribution in [3.8, 4) is 0 Å². The van der Waals surface area contributed by atoms with Crippen LogP contribution in [0.25, 0.3) is 10.9 Å². The first kappa shape index (κ1) is 9.31. The number of nitrogens with two attached hydrogens (primary N) is 1. The standard InChI is InChI=1S/C11H11ClN2/c1-2-9(13)11-6-7-5-8(12)3-4-10(7)14-11/h2-6,9,14H,1,13H2/t9-/m1/s1. The van der Waals surface area contributed by atoms with E-state index in [9.17, 15) is 0 Å². The van der Waals surface area contributed by atoms with Gasteiger partial charge in [-0.05, 0) is 24.3 Å². The van der Waals surface area contributed by atoms with Crippen LogP contribution in [0.2, 0.25) is 5.02 Å². The molecule has 0 amide bonds. The quantitative estimate of drug-likeness (QED) is 0.729. The lowest BCUT2D eigenvalue weighted by atomic mass is 10.2.